The second-order valence-electron chi connectivity index (χ2n) is 6.02. The summed E-state index contributed by atoms with van der Waals surface area (Å²) in [4.78, 5) is 0. The molecule has 2 rings (SSSR count). The SMILES string of the molecule is CC1CCC(C(C)C)C(OCc2ccc(Cl)nn2)C1. The second kappa shape index (κ2) is 6.67. The van der Waals surface area contributed by atoms with Gasteiger partial charge >= 0.3 is 0 Å². The Balaban J connectivity index is 1.93. The van der Waals surface area contributed by atoms with E-state index in [0.717, 1.165) is 18.0 Å². The molecule has 4 heteroatoms. The Morgan fingerprint density at radius 3 is 2.74 bits per heavy atom. The third kappa shape index (κ3) is 4.15. The van der Waals surface area contributed by atoms with Crippen LogP contribution in [0.5, 0.6) is 0 Å². The minimum atomic E-state index is 0.348. The molecule has 0 amide bonds. The summed E-state index contributed by atoms with van der Waals surface area (Å²) < 4.78 is 6.11. The summed E-state index contributed by atoms with van der Waals surface area (Å²) in [7, 11) is 0. The molecule has 0 spiro atoms. The molecule has 3 unspecified atom stereocenters. The van der Waals surface area contributed by atoms with Crippen molar-refractivity contribution in [3.05, 3.63) is 23.0 Å². The standard InChI is InChI=1S/C15H23ClN2O/c1-10(2)13-6-4-11(3)8-14(13)19-9-12-5-7-15(16)18-17-12/h5,7,10-11,13-14H,4,6,8-9H2,1-3H3. The molecule has 0 aliphatic heterocycles. The lowest BCUT2D eigenvalue weighted by molar-refractivity contribution is -0.0485. The van der Waals surface area contributed by atoms with E-state index in [0.29, 0.717) is 29.7 Å². The molecule has 1 aliphatic carbocycles. The third-order valence-electron chi connectivity index (χ3n) is 4.09. The van der Waals surface area contributed by atoms with Crippen LogP contribution in [-0.4, -0.2) is 16.3 Å². The quantitative estimate of drug-likeness (QED) is 0.834. The van der Waals surface area contributed by atoms with Crippen molar-refractivity contribution in [2.45, 2.75) is 52.7 Å². The Morgan fingerprint density at radius 1 is 1.32 bits per heavy atom. The van der Waals surface area contributed by atoms with Crippen molar-refractivity contribution in [2.24, 2.45) is 17.8 Å². The van der Waals surface area contributed by atoms with Crippen LogP contribution in [0.3, 0.4) is 0 Å². The molecule has 1 aromatic rings. The van der Waals surface area contributed by atoms with Gasteiger partial charge < -0.3 is 4.74 Å². The van der Waals surface area contributed by atoms with Gasteiger partial charge in [0.05, 0.1) is 18.4 Å². The molecule has 0 saturated heterocycles. The smallest absolute Gasteiger partial charge is 0.151 e. The minimum Gasteiger partial charge on any atom is -0.372 e. The number of halogens is 1. The first-order valence-corrected chi connectivity index (χ1v) is 7.53. The summed E-state index contributed by atoms with van der Waals surface area (Å²) in [5.74, 6) is 2.10. The summed E-state index contributed by atoms with van der Waals surface area (Å²) in [6.07, 6.45) is 4.10. The topological polar surface area (TPSA) is 35.0 Å². The van der Waals surface area contributed by atoms with Crippen LogP contribution in [0.1, 0.15) is 45.7 Å². The molecule has 3 nitrogen and oxygen atoms in total. The van der Waals surface area contributed by atoms with Gasteiger partial charge in [-0.05, 0) is 42.7 Å². The Labute approximate surface area is 120 Å². The molecule has 3 atom stereocenters. The average Bonchev–Trinajstić information content (AvgIpc) is 2.38. The van der Waals surface area contributed by atoms with Crippen molar-refractivity contribution in [2.75, 3.05) is 0 Å². The highest BCUT2D eigenvalue weighted by Gasteiger charge is 2.31. The van der Waals surface area contributed by atoms with E-state index in [2.05, 4.69) is 31.0 Å². The molecule has 19 heavy (non-hydrogen) atoms. The maximum Gasteiger partial charge on any atom is 0.151 e. The molecule has 0 bridgehead atoms. The van der Waals surface area contributed by atoms with E-state index in [1.165, 1.54) is 12.8 Å². The Morgan fingerprint density at radius 2 is 2.11 bits per heavy atom. The highest BCUT2D eigenvalue weighted by atomic mass is 35.5. The van der Waals surface area contributed by atoms with Gasteiger partial charge in [-0.3, -0.25) is 0 Å². The summed E-state index contributed by atoms with van der Waals surface area (Å²) in [6, 6.07) is 3.64. The largest absolute Gasteiger partial charge is 0.372 e. The van der Waals surface area contributed by atoms with Crippen molar-refractivity contribution in [3.8, 4) is 0 Å². The van der Waals surface area contributed by atoms with Crippen LogP contribution in [0.15, 0.2) is 12.1 Å². The van der Waals surface area contributed by atoms with Crippen molar-refractivity contribution < 1.29 is 4.74 Å². The highest BCUT2D eigenvalue weighted by molar-refractivity contribution is 6.29. The van der Waals surface area contributed by atoms with Gasteiger partial charge in [0.15, 0.2) is 5.15 Å². The number of hydrogen-bond acceptors (Lipinski definition) is 3. The van der Waals surface area contributed by atoms with Crippen molar-refractivity contribution in [3.63, 3.8) is 0 Å². The van der Waals surface area contributed by atoms with Crippen molar-refractivity contribution in [1.82, 2.24) is 10.2 Å². The fourth-order valence-corrected chi connectivity index (χ4v) is 3.02. The van der Waals surface area contributed by atoms with Gasteiger partial charge in [0.1, 0.15) is 0 Å². The first-order valence-electron chi connectivity index (χ1n) is 7.16. The number of nitrogens with zero attached hydrogens (tertiary/aromatic N) is 2. The van der Waals surface area contributed by atoms with E-state index in [1.807, 2.05) is 6.07 Å². The number of hydrogen-bond donors (Lipinski definition) is 0. The molecular formula is C15H23ClN2O. The van der Waals surface area contributed by atoms with Gasteiger partial charge in [-0.2, -0.15) is 5.10 Å². The number of ether oxygens (including phenoxy) is 1. The fraction of sp³-hybridized carbons (Fsp3) is 0.733. The lowest BCUT2D eigenvalue weighted by Crippen LogP contribution is -2.34. The molecule has 1 heterocycles. The van der Waals surface area contributed by atoms with E-state index < -0.39 is 0 Å². The van der Waals surface area contributed by atoms with Gasteiger partial charge in [0.25, 0.3) is 0 Å². The van der Waals surface area contributed by atoms with Gasteiger partial charge in [-0.1, -0.05) is 38.8 Å². The second-order valence-corrected chi connectivity index (χ2v) is 6.41. The molecule has 1 fully saturated rings. The van der Waals surface area contributed by atoms with Crippen molar-refractivity contribution >= 4 is 11.6 Å². The Bertz CT molecular complexity index is 394. The molecule has 1 aromatic heterocycles. The Kier molecular flexibility index (Phi) is 5.17. The molecule has 1 saturated carbocycles. The molecule has 0 aromatic carbocycles. The first-order chi connectivity index (χ1) is 9.06. The average molecular weight is 283 g/mol. The van der Waals surface area contributed by atoms with Crippen LogP contribution in [-0.2, 0) is 11.3 Å². The van der Waals surface area contributed by atoms with Crippen LogP contribution in [0.25, 0.3) is 0 Å². The van der Waals surface area contributed by atoms with Crippen LogP contribution in [0.2, 0.25) is 5.15 Å². The predicted octanol–water partition coefficient (Wildman–Crippen LogP) is 4.11. The van der Waals surface area contributed by atoms with E-state index >= 15 is 0 Å². The Hall–Kier alpha value is -0.670. The molecule has 0 N–H and O–H groups in total. The minimum absolute atomic E-state index is 0.348. The summed E-state index contributed by atoms with van der Waals surface area (Å²) in [5.41, 5.74) is 0.852. The van der Waals surface area contributed by atoms with E-state index in [9.17, 15) is 0 Å². The molecule has 1 aliphatic rings. The van der Waals surface area contributed by atoms with Gasteiger partial charge in [-0.25, -0.2) is 0 Å². The van der Waals surface area contributed by atoms with Gasteiger partial charge in [-0.15, -0.1) is 5.10 Å². The van der Waals surface area contributed by atoms with Crippen LogP contribution in [0.4, 0.5) is 0 Å². The van der Waals surface area contributed by atoms with Gasteiger partial charge in [0, 0.05) is 0 Å². The van der Waals surface area contributed by atoms with E-state index in [4.69, 9.17) is 16.3 Å². The lowest BCUT2D eigenvalue weighted by atomic mass is 9.75. The normalized spacial score (nSPS) is 27.7. The molecule has 0 radical (unpaired) electrons. The predicted molar refractivity (Wildman–Crippen MR) is 77.0 cm³/mol. The number of rotatable bonds is 4. The highest BCUT2D eigenvalue weighted by Crippen LogP contribution is 2.35. The zero-order chi connectivity index (χ0) is 13.8. The van der Waals surface area contributed by atoms with Crippen LogP contribution >= 0.6 is 11.6 Å². The van der Waals surface area contributed by atoms with E-state index in [1.54, 1.807) is 6.07 Å². The van der Waals surface area contributed by atoms with Gasteiger partial charge in [0.2, 0.25) is 0 Å². The maximum absolute atomic E-state index is 6.11. The maximum atomic E-state index is 6.11. The lowest BCUT2D eigenvalue weighted by Gasteiger charge is -2.37. The zero-order valence-corrected chi connectivity index (χ0v) is 12.7. The van der Waals surface area contributed by atoms with Crippen LogP contribution < -0.4 is 0 Å². The number of aromatic nitrogens is 2. The van der Waals surface area contributed by atoms with Crippen molar-refractivity contribution in [1.29, 1.82) is 0 Å². The summed E-state index contributed by atoms with van der Waals surface area (Å²) in [5, 5.41) is 8.32. The first kappa shape index (κ1) is 14.7. The molecular weight excluding hydrogens is 260 g/mol. The molecule has 106 valence electrons. The monoisotopic (exact) mass is 282 g/mol. The zero-order valence-electron chi connectivity index (χ0n) is 12.0. The fourth-order valence-electron chi connectivity index (χ4n) is 2.92. The summed E-state index contributed by atoms with van der Waals surface area (Å²) in [6.45, 7) is 7.43. The summed E-state index contributed by atoms with van der Waals surface area (Å²) >= 11 is 5.73. The van der Waals surface area contributed by atoms with Crippen LogP contribution in [0, 0.1) is 17.8 Å². The third-order valence-corrected chi connectivity index (χ3v) is 4.30. The van der Waals surface area contributed by atoms with E-state index in [-0.39, 0.29) is 0 Å².